The lowest BCUT2D eigenvalue weighted by Gasteiger charge is -2.07. The highest BCUT2D eigenvalue weighted by molar-refractivity contribution is 6.30. The maximum atomic E-state index is 11.8. The van der Waals surface area contributed by atoms with Crippen LogP contribution in [0.3, 0.4) is 0 Å². The molecule has 18 heavy (non-hydrogen) atoms. The molecule has 0 radical (unpaired) electrons. The fourth-order valence-corrected chi connectivity index (χ4v) is 2.40. The van der Waals surface area contributed by atoms with Gasteiger partial charge in [-0.25, -0.2) is 5.43 Å². The zero-order valence-corrected chi connectivity index (χ0v) is 11.2. The third-order valence-electron chi connectivity index (χ3n) is 3.36. The van der Waals surface area contributed by atoms with Crippen LogP contribution in [0, 0.1) is 5.92 Å². The number of carbonyl (C=O) groups excluding carboxylic acids is 1. The molecule has 1 atom stereocenters. The number of rotatable bonds is 3. The third-order valence-corrected chi connectivity index (χ3v) is 3.61. The van der Waals surface area contributed by atoms with Crippen molar-refractivity contribution >= 4 is 23.2 Å². The van der Waals surface area contributed by atoms with Crippen molar-refractivity contribution in [3.05, 3.63) is 34.9 Å². The molecule has 0 saturated heterocycles. The standard InChI is InChI=1S/C14H17ClN2O/c1-2-10-4-3-5-13(10)16-17-14(18)11-6-8-12(15)9-7-11/h6-10H,2-5H2,1H3,(H,17,18)/b16-13-/t10-/m1/s1. The van der Waals surface area contributed by atoms with Crippen LogP contribution in [0.1, 0.15) is 43.0 Å². The van der Waals surface area contributed by atoms with Gasteiger partial charge in [-0.15, -0.1) is 0 Å². The van der Waals surface area contributed by atoms with Crippen molar-refractivity contribution in [1.29, 1.82) is 0 Å². The number of carbonyl (C=O) groups is 1. The second-order valence-corrected chi connectivity index (χ2v) is 4.98. The van der Waals surface area contributed by atoms with Gasteiger partial charge in [0.05, 0.1) is 0 Å². The maximum absolute atomic E-state index is 11.8. The molecule has 0 spiro atoms. The van der Waals surface area contributed by atoms with E-state index in [0.717, 1.165) is 18.6 Å². The monoisotopic (exact) mass is 264 g/mol. The van der Waals surface area contributed by atoms with Gasteiger partial charge in [0.25, 0.3) is 5.91 Å². The average Bonchev–Trinajstić information content (AvgIpc) is 2.84. The number of hydrogen-bond donors (Lipinski definition) is 1. The van der Waals surface area contributed by atoms with E-state index in [1.54, 1.807) is 24.3 Å². The van der Waals surface area contributed by atoms with Crippen LogP contribution < -0.4 is 5.43 Å². The fourth-order valence-electron chi connectivity index (χ4n) is 2.28. The van der Waals surface area contributed by atoms with Gasteiger partial charge in [-0.3, -0.25) is 4.79 Å². The molecule has 1 N–H and O–H groups in total. The van der Waals surface area contributed by atoms with Gasteiger partial charge in [0.15, 0.2) is 0 Å². The van der Waals surface area contributed by atoms with Gasteiger partial charge in [-0.05, 0) is 55.9 Å². The number of nitrogens with zero attached hydrogens (tertiary/aromatic N) is 1. The molecule has 1 amide bonds. The molecule has 0 unspecified atom stereocenters. The zero-order valence-electron chi connectivity index (χ0n) is 10.4. The molecule has 3 nitrogen and oxygen atoms in total. The van der Waals surface area contributed by atoms with E-state index in [2.05, 4.69) is 17.5 Å². The van der Waals surface area contributed by atoms with Crippen LogP contribution in [0.2, 0.25) is 5.02 Å². The first-order valence-electron chi connectivity index (χ1n) is 6.33. The molecule has 0 aliphatic heterocycles. The van der Waals surface area contributed by atoms with E-state index in [1.807, 2.05) is 0 Å². The summed E-state index contributed by atoms with van der Waals surface area (Å²) in [6.45, 7) is 2.16. The Morgan fingerprint density at radius 1 is 1.44 bits per heavy atom. The predicted octanol–water partition coefficient (Wildman–Crippen LogP) is 3.64. The molecule has 1 aromatic rings. The van der Waals surface area contributed by atoms with Crippen LogP contribution in [0.4, 0.5) is 0 Å². The van der Waals surface area contributed by atoms with Crippen molar-refractivity contribution in [3.8, 4) is 0 Å². The smallest absolute Gasteiger partial charge is 0.267 e. The van der Waals surface area contributed by atoms with E-state index >= 15 is 0 Å². The molecule has 0 aromatic heterocycles. The Labute approximate surface area is 112 Å². The molecule has 4 heteroatoms. The third kappa shape index (κ3) is 3.10. The molecule has 0 heterocycles. The van der Waals surface area contributed by atoms with Gasteiger partial charge in [-0.2, -0.15) is 5.10 Å². The first-order chi connectivity index (χ1) is 8.70. The first-order valence-corrected chi connectivity index (χ1v) is 6.71. The van der Waals surface area contributed by atoms with Gasteiger partial charge >= 0.3 is 0 Å². The second-order valence-electron chi connectivity index (χ2n) is 4.55. The predicted molar refractivity (Wildman–Crippen MR) is 74.0 cm³/mol. The summed E-state index contributed by atoms with van der Waals surface area (Å²) in [7, 11) is 0. The highest BCUT2D eigenvalue weighted by Gasteiger charge is 2.20. The number of hydrogen-bond acceptors (Lipinski definition) is 2. The summed E-state index contributed by atoms with van der Waals surface area (Å²) in [6.07, 6.45) is 4.45. The van der Waals surface area contributed by atoms with Gasteiger partial charge in [-0.1, -0.05) is 18.5 Å². The minimum atomic E-state index is -0.180. The van der Waals surface area contributed by atoms with E-state index in [9.17, 15) is 4.79 Å². The van der Waals surface area contributed by atoms with E-state index in [4.69, 9.17) is 11.6 Å². The number of halogens is 1. The lowest BCUT2D eigenvalue weighted by Crippen LogP contribution is -2.20. The van der Waals surface area contributed by atoms with Crippen LogP contribution in [0.15, 0.2) is 29.4 Å². The van der Waals surface area contributed by atoms with Crippen molar-refractivity contribution in [2.24, 2.45) is 11.0 Å². The number of amides is 1. The quantitative estimate of drug-likeness (QED) is 0.832. The Balaban J connectivity index is 1.99. The zero-order chi connectivity index (χ0) is 13.0. The van der Waals surface area contributed by atoms with Gasteiger partial charge in [0, 0.05) is 16.3 Å². The van der Waals surface area contributed by atoms with Crippen molar-refractivity contribution < 1.29 is 4.79 Å². The van der Waals surface area contributed by atoms with Crippen LogP contribution >= 0.6 is 11.6 Å². The molecule has 1 aliphatic carbocycles. The molecule has 96 valence electrons. The van der Waals surface area contributed by atoms with Crippen molar-refractivity contribution in [1.82, 2.24) is 5.43 Å². The summed E-state index contributed by atoms with van der Waals surface area (Å²) in [5.74, 6) is 0.358. The lowest BCUT2D eigenvalue weighted by molar-refractivity contribution is 0.0954. The summed E-state index contributed by atoms with van der Waals surface area (Å²) in [4.78, 5) is 11.8. The lowest BCUT2D eigenvalue weighted by atomic mass is 10.0. The molecule has 1 aliphatic rings. The largest absolute Gasteiger partial charge is 0.271 e. The Hall–Kier alpha value is -1.35. The highest BCUT2D eigenvalue weighted by Crippen LogP contribution is 2.24. The summed E-state index contributed by atoms with van der Waals surface area (Å²) >= 11 is 5.78. The SMILES string of the molecule is CC[C@@H]1CCC/C1=N/NC(=O)c1ccc(Cl)cc1. The second kappa shape index (κ2) is 6.01. The Morgan fingerprint density at radius 3 is 2.83 bits per heavy atom. The summed E-state index contributed by atoms with van der Waals surface area (Å²) in [6, 6.07) is 6.80. The Morgan fingerprint density at radius 2 is 2.17 bits per heavy atom. The number of hydrazone groups is 1. The van der Waals surface area contributed by atoms with E-state index in [0.29, 0.717) is 16.5 Å². The normalized spacial score (nSPS) is 21.2. The molecule has 2 rings (SSSR count). The van der Waals surface area contributed by atoms with Crippen LogP contribution in [-0.4, -0.2) is 11.6 Å². The first kappa shape index (κ1) is 13.1. The average molecular weight is 265 g/mol. The van der Waals surface area contributed by atoms with Crippen molar-refractivity contribution in [2.45, 2.75) is 32.6 Å². The highest BCUT2D eigenvalue weighted by atomic mass is 35.5. The Bertz CT molecular complexity index is 453. The van der Waals surface area contributed by atoms with Crippen molar-refractivity contribution in [3.63, 3.8) is 0 Å². The molecule has 1 saturated carbocycles. The summed E-state index contributed by atoms with van der Waals surface area (Å²) < 4.78 is 0. The minimum Gasteiger partial charge on any atom is -0.267 e. The van der Waals surface area contributed by atoms with Crippen LogP contribution in [-0.2, 0) is 0 Å². The molecule has 1 fully saturated rings. The summed E-state index contributed by atoms with van der Waals surface area (Å²) in [5, 5.41) is 4.88. The van der Waals surface area contributed by atoms with Crippen molar-refractivity contribution in [2.75, 3.05) is 0 Å². The molecule has 1 aromatic carbocycles. The molecule has 0 bridgehead atoms. The Kier molecular flexibility index (Phi) is 4.37. The number of nitrogens with one attached hydrogen (secondary N) is 1. The maximum Gasteiger partial charge on any atom is 0.271 e. The van der Waals surface area contributed by atoms with E-state index in [1.165, 1.54) is 12.8 Å². The van der Waals surface area contributed by atoms with E-state index < -0.39 is 0 Å². The molecular formula is C14H17ClN2O. The van der Waals surface area contributed by atoms with E-state index in [-0.39, 0.29) is 5.91 Å². The fraction of sp³-hybridized carbons (Fsp3) is 0.429. The van der Waals surface area contributed by atoms with Gasteiger partial charge in [0.2, 0.25) is 0 Å². The topological polar surface area (TPSA) is 41.5 Å². The molecular weight excluding hydrogens is 248 g/mol. The van der Waals surface area contributed by atoms with Crippen LogP contribution in [0.5, 0.6) is 0 Å². The summed E-state index contributed by atoms with van der Waals surface area (Å²) in [5.41, 5.74) is 4.33. The minimum absolute atomic E-state index is 0.180. The van der Waals surface area contributed by atoms with Gasteiger partial charge in [0.1, 0.15) is 0 Å². The van der Waals surface area contributed by atoms with Crippen LogP contribution in [0.25, 0.3) is 0 Å². The van der Waals surface area contributed by atoms with Gasteiger partial charge < -0.3 is 0 Å². The number of benzene rings is 1.